The van der Waals surface area contributed by atoms with Crippen molar-refractivity contribution in [2.45, 2.75) is 11.5 Å². The van der Waals surface area contributed by atoms with Gasteiger partial charge in [-0.05, 0) is 12.1 Å². The Kier molecular flexibility index (Phi) is 3.84. The number of alkyl halides is 4. The summed E-state index contributed by atoms with van der Waals surface area (Å²) in [6, 6.07) is 5.12. The van der Waals surface area contributed by atoms with Crippen molar-refractivity contribution in [1.29, 1.82) is 0 Å². The minimum Gasteiger partial charge on any atom is -0.236 e. The van der Waals surface area contributed by atoms with Crippen molar-refractivity contribution >= 4 is 15.9 Å². The molecule has 19 heavy (non-hydrogen) atoms. The fourth-order valence-electron chi connectivity index (χ4n) is 1.52. The van der Waals surface area contributed by atoms with Crippen LogP contribution in [0.15, 0.2) is 30.5 Å². The maximum absolute atomic E-state index is 13.0. The number of halogens is 5. The van der Waals surface area contributed by atoms with Crippen LogP contribution >= 0.6 is 15.9 Å². The summed E-state index contributed by atoms with van der Waals surface area (Å²) in [5, 5.41) is -0.00866. The number of rotatable bonds is 2. The first-order valence-electron chi connectivity index (χ1n) is 5.17. The molecule has 0 aliphatic carbocycles. The van der Waals surface area contributed by atoms with Crippen LogP contribution in [0.5, 0.6) is 0 Å². The van der Waals surface area contributed by atoms with Crippen LogP contribution in [0.4, 0.5) is 17.6 Å². The maximum atomic E-state index is 13.0. The summed E-state index contributed by atoms with van der Waals surface area (Å²) in [6.07, 6.45) is -3.49. The van der Waals surface area contributed by atoms with Crippen LogP contribution in [0.2, 0.25) is 0 Å². The lowest BCUT2D eigenvalue weighted by atomic mass is 10.2. The Morgan fingerprint density at radius 1 is 1.21 bits per heavy atom. The zero-order chi connectivity index (χ0) is 14.0. The lowest BCUT2D eigenvalue weighted by Gasteiger charge is -2.11. The molecule has 2 rings (SSSR count). The van der Waals surface area contributed by atoms with Gasteiger partial charge < -0.3 is 0 Å². The summed E-state index contributed by atoms with van der Waals surface area (Å²) in [6.45, 7) is 0. The predicted octanol–water partition coefficient (Wildman–Crippen LogP) is 4.20. The van der Waals surface area contributed by atoms with Crippen molar-refractivity contribution in [2.75, 3.05) is 0 Å². The standard InChI is InChI=1S/C12H7BrF4N2/c13-5-8-6-18-11(19-10(8)12(15,16)17)7-2-1-3-9(14)4-7/h1-4,6H,5H2. The van der Waals surface area contributed by atoms with Gasteiger partial charge in [-0.1, -0.05) is 28.1 Å². The smallest absolute Gasteiger partial charge is 0.236 e. The molecule has 0 unspecified atom stereocenters. The van der Waals surface area contributed by atoms with Crippen LogP contribution in [-0.2, 0) is 11.5 Å². The molecule has 0 radical (unpaired) electrons. The molecule has 1 aromatic carbocycles. The van der Waals surface area contributed by atoms with Gasteiger partial charge in [0.1, 0.15) is 5.82 Å². The van der Waals surface area contributed by atoms with E-state index in [2.05, 4.69) is 25.9 Å². The van der Waals surface area contributed by atoms with E-state index in [0.29, 0.717) is 0 Å². The third-order valence-corrected chi connectivity index (χ3v) is 2.96. The van der Waals surface area contributed by atoms with Crippen LogP contribution in [0.3, 0.4) is 0 Å². The van der Waals surface area contributed by atoms with Crippen molar-refractivity contribution < 1.29 is 17.6 Å². The molecule has 0 fully saturated rings. The summed E-state index contributed by atoms with van der Waals surface area (Å²) in [5.41, 5.74) is -0.877. The largest absolute Gasteiger partial charge is 0.433 e. The molecule has 0 spiro atoms. The van der Waals surface area contributed by atoms with Crippen molar-refractivity contribution in [3.8, 4) is 11.4 Å². The summed E-state index contributed by atoms with van der Waals surface area (Å²) >= 11 is 2.95. The van der Waals surface area contributed by atoms with Gasteiger partial charge in [-0.3, -0.25) is 0 Å². The zero-order valence-electron chi connectivity index (χ0n) is 9.38. The minimum absolute atomic E-state index is 0.00866. The third kappa shape index (κ3) is 3.09. The van der Waals surface area contributed by atoms with Gasteiger partial charge in [0.2, 0.25) is 0 Å². The molecule has 0 bridgehead atoms. The van der Waals surface area contributed by atoms with Gasteiger partial charge in [0, 0.05) is 22.7 Å². The van der Waals surface area contributed by atoms with Crippen molar-refractivity contribution in [1.82, 2.24) is 9.97 Å². The van der Waals surface area contributed by atoms with Crippen molar-refractivity contribution in [2.24, 2.45) is 0 Å². The van der Waals surface area contributed by atoms with Gasteiger partial charge in [0.15, 0.2) is 11.5 Å². The molecule has 2 nitrogen and oxygen atoms in total. The molecule has 0 saturated carbocycles. The first-order valence-corrected chi connectivity index (χ1v) is 6.29. The molecule has 0 N–H and O–H groups in total. The number of benzene rings is 1. The second-order valence-corrected chi connectivity index (χ2v) is 4.27. The summed E-state index contributed by atoms with van der Waals surface area (Å²) < 4.78 is 51.5. The van der Waals surface area contributed by atoms with Crippen LogP contribution in [0.25, 0.3) is 11.4 Å². The Labute approximate surface area is 114 Å². The van der Waals surface area contributed by atoms with E-state index in [4.69, 9.17) is 0 Å². The molecular formula is C12H7BrF4N2. The van der Waals surface area contributed by atoms with Gasteiger partial charge in [-0.15, -0.1) is 0 Å². The van der Waals surface area contributed by atoms with E-state index >= 15 is 0 Å². The second-order valence-electron chi connectivity index (χ2n) is 3.71. The van der Waals surface area contributed by atoms with Crippen LogP contribution in [0.1, 0.15) is 11.3 Å². The van der Waals surface area contributed by atoms with Crippen LogP contribution in [0, 0.1) is 5.82 Å². The molecule has 1 heterocycles. The van der Waals surface area contributed by atoms with E-state index in [1.54, 1.807) is 0 Å². The fourth-order valence-corrected chi connectivity index (χ4v) is 1.93. The average molecular weight is 335 g/mol. The van der Waals surface area contributed by atoms with Gasteiger partial charge in [0.25, 0.3) is 0 Å². The highest BCUT2D eigenvalue weighted by molar-refractivity contribution is 9.08. The quantitative estimate of drug-likeness (QED) is 0.607. The Hall–Kier alpha value is -1.50. The third-order valence-electron chi connectivity index (χ3n) is 2.36. The van der Waals surface area contributed by atoms with E-state index in [1.165, 1.54) is 18.2 Å². The Morgan fingerprint density at radius 3 is 2.53 bits per heavy atom. The van der Waals surface area contributed by atoms with Crippen LogP contribution in [-0.4, -0.2) is 9.97 Å². The predicted molar refractivity (Wildman–Crippen MR) is 65.1 cm³/mol. The minimum atomic E-state index is -4.58. The number of hydrogen-bond donors (Lipinski definition) is 0. The molecule has 0 amide bonds. The zero-order valence-corrected chi connectivity index (χ0v) is 11.0. The first kappa shape index (κ1) is 13.9. The van der Waals surface area contributed by atoms with E-state index in [9.17, 15) is 17.6 Å². The molecule has 0 atom stereocenters. The summed E-state index contributed by atoms with van der Waals surface area (Å²) in [5.74, 6) is -0.712. The SMILES string of the molecule is Fc1cccc(-c2ncc(CBr)c(C(F)(F)F)n2)c1. The molecular weight excluding hydrogens is 328 g/mol. The van der Waals surface area contributed by atoms with E-state index < -0.39 is 17.7 Å². The molecule has 0 aliphatic rings. The summed E-state index contributed by atoms with van der Waals surface area (Å²) in [7, 11) is 0. The Bertz CT molecular complexity index is 599. The van der Waals surface area contributed by atoms with Gasteiger partial charge in [0.05, 0.1) is 0 Å². The van der Waals surface area contributed by atoms with Gasteiger partial charge >= 0.3 is 6.18 Å². The van der Waals surface area contributed by atoms with Crippen molar-refractivity contribution in [3.63, 3.8) is 0 Å². The van der Waals surface area contributed by atoms with Crippen molar-refractivity contribution in [3.05, 3.63) is 47.5 Å². The second kappa shape index (κ2) is 5.24. The Morgan fingerprint density at radius 2 is 1.95 bits per heavy atom. The maximum Gasteiger partial charge on any atom is 0.433 e. The Balaban J connectivity index is 2.55. The highest BCUT2D eigenvalue weighted by Gasteiger charge is 2.35. The highest BCUT2D eigenvalue weighted by atomic mass is 79.9. The van der Waals surface area contributed by atoms with E-state index in [1.807, 2.05) is 0 Å². The lowest BCUT2D eigenvalue weighted by Crippen LogP contribution is -2.13. The molecule has 100 valence electrons. The molecule has 0 aliphatic heterocycles. The van der Waals surface area contributed by atoms with Gasteiger partial charge in [-0.2, -0.15) is 13.2 Å². The highest BCUT2D eigenvalue weighted by Crippen LogP contribution is 2.32. The van der Waals surface area contributed by atoms with Gasteiger partial charge in [-0.25, -0.2) is 14.4 Å². The fraction of sp³-hybridized carbons (Fsp3) is 0.167. The summed E-state index contributed by atoms with van der Waals surface area (Å²) in [4.78, 5) is 7.32. The number of aromatic nitrogens is 2. The molecule has 7 heteroatoms. The molecule has 0 saturated heterocycles. The normalized spacial score (nSPS) is 11.6. The molecule has 1 aromatic heterocycles. The number of hydrogen-bond acceptors (Lipinski definition) is 2. The average Bonchev–Trinajstić information content (AvgIpc) is 2.37. The lowest BCUT2D eigenvalue weighted by molar-refractivity contribution is -0.141. The van der Waals surface area contributed by atoms with E-state index in [-0.39, 0.29) is 22.3 Å². The topological polar surface area (TPSA) is 25.8 Å². The van der Waals surface area contributed by atoms with Crippen LogP contribution < -0.4 is 0 Å². The van der Waals surface area contributed by atoms with E-state index in [0.717, 1.165) is 12.3 Å². The number of nitrogens with zero attached hydrogens (tertiary/aromatic N) is 2. The first-order chi connectivity index (χ1) is 8.91. The monoisotopic (exact) mass is 334 g/mol. The molecule has 2 aromatic rings.